The summed E-state index contributed by atoms with van der Waals surface area (Å²) in [5, 5.41) is 6.76. The molecule has 0 aromatic carbocycles. The zero-order chi connectivity index (χ0) is 9.15. The summed E-state index contributed by atoms with van der Waals surface area (Å²) < 4.78 is 0. The third-order valence-electron chi connectivity index (χ3n) is 3.46. The van der Waals surface area contributed by atoms with E-state index in [1.807, 2.05) is 0 Å². The van der Waals surface area contributed by atoms with Crippen molar-refractivity contribution in [2.45, 2.75) is 19.3 Å². The summed E-state index contributed by atoms with van der Waals surface area (Å²) in [5.74, 6) is 0.256. The summed E-state index contributed by atoms with van der Waals surface area (Å²) in [4.78, 5) is 10.7. The molecule has 1 unspecified atom stereocenters. The number of piperidine rings is 2. The van der Waals surface area contributed by atoms with Crippen LogP contribution in [0.3, 0.4) is 0 Å². The lowest BCUT2D eigenvalue weighted by atomic mass is 9.70. The fraction of sp³-hybridized carbons (Fsp3) is 0.900. The molecule has 0 saturated carbocycles. The Hall–Kier alpha value is -0.410. The molecule has 0 aromatic rings. The van der Waals surface area contributed by atoms with Gasteiger partial charge in [0, 0.05) is 19.0 Å². The highest BCUT2D eigenvalue weighted by molar-refractivity contribution is 5.54. The molecule has 0 bridgehead atoms. The molecule has 2 fully saturated rings. The molecule has 74 valence electrons. The van der Waals surface area contributed by atoms with E-state index in [9.17, 15) is 4.79 Å². The minimum Gasteiger partial charge on any atom is -0.317 e. The molecule has 2 N–H and O–H groups in total. The third kappa shape index (κ3) is 1.92. The smallest absolute Gasteiger partial charge is 0.124 e. The van der Waals surface area contributed by atoms with Crippen LogP contribution < -0.4 is 10.6 Å². The molecule has 2 saturated heterocycles. The molecule has 1 atom stereocenters. The highest BCUT2D eigenvalue weighted by Crippen LogP contribution is 2.36. The maximum absolute atomic E-state index is 10.7. The highest BCUT2D eigenvalue weighted by Gasteiger charge is 2.36. The maximum Gasteiger partial charge on any atom is 0.124 e. The first-order valence-electron chi connectivity index (χ1n) is 5.21. The third-order valence-corrected chi connectivity index (χ3v) is 3.46. The van der Waals surface area contributed by atoms with Crippen molar-refractivity contribution >= 4 is 6.29 Å². The molecule has 2 aliphatic heterocycles. The van der Waals surface area contributed by atoms with E-state index in [1.54, 1.807) is 0 Å². The zero-order valence-electron chi connectivity index (χ0n) is 8.01. The second-order valence-corrected chi connectivity index (χ2v) is 4.48. The Bertz CT molecular complexity index is 182. The van der Waals surface area contributed by atoms with E-state index in [1.165, 1.54) is 12.8 Å². The van der Waals surface area contributed by atoms with Gasteiger partial charge in [0.15, 0.2) is 0 Å². The average molecular weight is 182 g/mol. The van der Waals surface area contributed by atoms with Crippen LogP contribution in [0.25, 0.3) is 0 Å². The normalized spacial score (nSPS) is 33.1. The van der Waals surface area contributed by atoms with Crippen LogP contribution in [0.4, 0.5) is 0 Å². The molecule has 2 heterocycles. The van der Waals surface area contributed by atoms with Gasteiger partial charge in [-0.15, -0.1) is 0 Å². The minimum absolute atomic E-state index is 0.256. The number of aldehydes is 1. The lowest BCUT2D eigenvalue weighted by molar-refractivity contribution is -0.113. The molecular weight excluding hydrogens is 164 g/mol. The first-order valence-corrected chi connectivity index (χ1v) is 5.21. The standard InChI is InChI=1S/C10H18N2O/c13-7-9-5-10(8-12-6-9)1-3-11-4-2-10/h7,9,11-12H,1-6,8H2. The lowest BCUT2D eigenvalue weighted by Crippen LogP contribution is -2.49. The van der Waals surface area contributed by atoms with Crippen LogP contribution in [-0.4, -0.2) is 32.5 Å². The van der Waals surface area contributed by atoms with E-state index < -0.39 is 0 Å². The van der Waals surface area contributed by atoms with E-state index in [4.69, 9.17) is 0 Å². The average Bonchev–Trinajstić information content (AvgIpc) is 2.19. The predicted octanol–water partition coefficient (Wildman–Crippen LogP) is 0.165. The van der Waals surface area contributed by atoms with Crippen molar-refractivity contribution in [1.82, 2.24) is 10.6 Å². The number of carbonyl (C=O) groups is 1. The van der Waals surface area contributed by atoms with Crippen molar-refractivity contribution in [2.75, 3.05) is 26.2 Å². The van der Waals surface area contributed by atoms with Crippen molar-refractivity contribution in [2.24, 2.45) is 11.3 Å². The van der Waals surface area contributed by atoms with Crippen LogP contribution in [0.5, 0.6) is 0 Å². The van der Waals surface area contributed by atoms with Crippen molar-refractivity contribution < 1.29 is 4.79 Å². The van der Waals surface area contributed by atoms with Crippen LogP contribution >= 0.6 is 0 Å². The second kappa shape index (κ2) is 3.76. The molecule has 0 radical (unpaired) electrons. The Balaban J connectivity index is 1.99. The van der Waals surface area contributed by atoms with E-state index in [2.05, 4.69) is 10.6 Å². The van der Waals surface area contributed by atoms with Crippen molar-refractivity contribution in [3.63, 3.8) is 0 Å². The Labute approximate surface area is 79.3 Å². The number of hydrogen-bond acceptors (Lipinski definition) is 3. The summed E-state index contributed by atoms with van der Waals surface area (Å²) in [6.07, 6.45) is 4.68. The van der Waals surface area contributed by atoms with Gasteiger partial charge in [-0.1, -0.05) is 0 Å². The van der Waals surface area contributed by atoms with Crippen LogP contribution in [0.2, 0.25) is 0 Å². The first kappa shape index (κ1) is 9.16. The lowest BCUT2D eigenvalue weighted by Gasteiger charge is -2.43. The molecule has 0 amide bonds. The van der Waals surface area contributed by atoms with Gasteiger partial charge in [-0.2, -0.15) is 0 Å². The van der Waals surface area contributed by atoms with Crippen LogP contribution in [0.15, 0.2) is 0 Å². The number of rotatable bonds is 1. The zero-order valence-corrected chi connectivity index (χ0v) is 8.01. The molecule has 0 aliphatic carbocycles. The Kier molecular flexibility index (Phi) is 2.65. The van der Waals surface area contributed by atoms with Gasteiger partial charge in [-0.3, -0.25) is 0 Å². The molecule has 3 nitrogen and oxygen atoms in total. The van der Waals surface area contributed by atoms with Gasteiger partial charge in [0.05, 0.1) is 0 Å². The van der Waals surface area contributed by atoms with Crippen molar-refractivity contribution in [1.29, 1.82) is 0 Å². The van der Waals surface area contributed by atoms with Crippen molar-refractivity contribution in [3.8, 4) is 0 Å². The van der Waals surface area contributed by atoms with Gasteiger partial charge < -0.3 is 15.4 Å². The van der Waals surface area contributed by atoms with E-state index in [-0.39, 0.29) is 5.92 Å². The molecule has 3 heteroatoms. The van der Waals surface area contributed by atoms with Gasteiger partial charge >= 0.3 is 0 Å². The molecule has 1 spiro atoms. The molecule has 2 rings (SSSR count). The van der Waals surface area contributed by atoms with Gasteiger partial charge in [-0.25, -0.2) is 0 Å². The van der Waals surface area contributed by atoms with Gasteiger partial charge in [0.2, 0.25) is 0 Å². The summed E-state index contributed by atoms with van der Waals surface area (Å²) in [7, 11) is 0. The van der Waals surface area contributed by atoms with Crippen molar-refractivity contribution in [3.05, 3.63) is 0 Å². The number of nitrogens with one attached hydrogen (secondary N) is 2. The fourth-order valence-corrected chi connectivity index (χ4v) is 2.66. The monoisotopic (exact) mass is 182 g/mol. The summed E-state index contributed by atoms with van der Waals surface area (Å²) in [6, 6.07) is 0. The number of carbonyl (C=O) groups excluding carboxylic acids is 1. The van der Waals surface area contributed by atoms with Gasteiger partial charge in [0.1, 0.15) is 6.29 Å². The Morgan fingerprint density at radius 1 is 1.23 bits per heavy atom. The van der Waals surface area contributed by atoms with E-state index in [0.717, 1.165) is 38.9 Å². The molecule has 13 heavy (non-hydrogen) atoms. The first-order chi connectivity index (χ1) is 6.35. The molecular formula is C10H18N2O. The van der Waals surface area contributed by atoms with Gasteiger partial charge in [-0.05, 0) is 37.8 Å². The second-order valence-electron chi connectivity index (χ2n) is 4.48. The summed E-state index contributed by atoms with van der Waals surface area (Å²) in [6.45, 7) is 4.23. The molecule has 2 aliphatic rings. The largest absolute Gasteiger partial charge is 0.317 e. The quantitative estimate of drug-likeness (QED) is 0.568. The summed E-state index contributed by atoms with van der Waals surface area (Å²) >= 11 is 0. The maximum atomic E-state index is 10.7. The highest BCUT2D eigenvalue weighted by atomic mass is 16.1. The van der Waals surface area contributed by atoms with Crippen LogP contribution in [-0.2, 0) is 4.79 Å². The predicted molar refractivity (Wildman–Crippen MR) is 51.6 cm³/mol. The SMILES string of the molecule is O=CC1CNCC2(CCNCC2)C1. The topological polar surface area (TPSA) is 41.1 Å². The van der Waals surface area contributed by atoms with E-state index >= 15 is 0 Å². The van der Waals surface area contributed by atoms with E-state index in [0.29, 0.717) is 5.41 Å². The minimum atomic E-state index is 0.256. The Morgan fingerprint density at radius 2 is 2.00 bits per heavy atom. The fourth-order valence-electron chi connectivity index (χ4n) is 2.66. The van der Waals surface area contributed by atoms with Crippen LogP contribution in [0.1, 0.15) is 19.3 Å². The summed E-state index contributed by atoms with van der Waals surface area (Å²) in [5.41, 5.74) is 0.426. The molecule has 0 aromatic heterocycles. The van der Waals surface area contributed by atoms with Gasteiger partial charge in [0.25, 0.3) is 0 Å². The van der Waals surface area contributed by atoms with Crippen LogP contribution in [0, 0.1) is 11.3 Å². The number of hydrogen-bond donors (Lipinski definition) is 2. The Morgan fingerprint density at radius 3 is 2.69 bits per heavy atom.